The summed E-state index contributed by atoms with van der Waals surface area (Å²) in [6, 6.07) is 10.7. The van der Waals surface area contributed by atoms with E-state index in [1.54, 1.807) is 12.1 Å². The van der Waals surface area contributed by atoms with Crippen molar-refractivity contribution in [2.75, 3.05) is 25.2 Å². The van der Waals surface area contributed by atoms with E-state index in [0.717, 1.165) is 0 Å². The molecule has 2 atom stereocenters. The predicted molar refractivity (Wildman–Crippen MR) is 131 cm³/mol. The summed E-state index contributed by atoms with van der Waals surface area (Å²) in [4.78, 5) is 16.5. The highest BCUT2D eigenvalue weighted by Crippen LogP contribution is 2.35. The molecule has 0 spiro atoms. The molecule has 2 aromatic carbocycles. The highest BCUT2D eigenvalue weighted by molar-refractivity contribution is 5.85. The Hall–Kier alpha value is -4.10. The van der Waals surface area contributed by atoms with Crippen molar-refractivity contribution in [2.45, 2.75) is 25.9 Å². The second-order valence-electron chi connectivity index (χ2n) is 8.84. The van der Waals surface area contributed by atoms with Gasteiger partial charge in [-0.15, -0.1) is 0 Å². The lowest BCUT2D eigenvalue weighted by molar-refractivity contribution is 0.0744. The fourth-order valence-electron chi connectivity index (χ4n) is 4.58. The summed E-state index contributed by atoms with van der Waals surface area (Å²) in [6.45, 7) is 5.26. The van der Waals surface area contributed by atoms with Crippen LogP contribution in [-0.4, -0.2) is 51.9 Å². The van der Waals surface area contributed by atoms with Crippen LogP contribution in [0.15, 0.2) is 36.4 Å². The number of aryl methyl sites for hydroxylation is 1. The van der Waals surface area contributed by atoms with Gasteiger partial charge in [-0.1, -0.05) is 6.07 Å². The number of fused-ring (bicyclic) bond motifs is 1. The standard InChI is InChI=1S/C26H24F2N6O2/c1-14-12-36-13-15(2)34(14)26-32-24-25(33(26)3)31-23(17-7-8-21(35-4)20(28)10-17)22(30-24)16-5-6-18(11-29)19(27)9-16/h5-10,14-15H,12-13H2,1-4H3/t14-,15+. The van der Waals surface area contributed by atoms with E-state index in [1.165, 1.54) is 31.4 Å². The van der Waals surface area contributed by atoms with E-state index in [2.05, 4.69) is 18.7 Å². The van der Waals surface area contributed by atoms with E-state index in [9.17, 15) is 8.78 Å². The van der Waals surface area contributed by atoms with E-state index in [1.807, 2.05) is 17.7 Å². The Labute approximate surface area is 206 Å². The number of ether oxygens (including phenoxy) is 2. The minimum Gasteiger partial charge on any atom is -0.494 e. The third-order valence-electron chi connectivity index (χ3n) is 6.37. The Morgan fingerprint density at radius 1 is 0.972 bits per heavy atom. The molecule has 1 saturated heterocycles. The van der Waals surface area contributed by atoms with Crippen molar-refractivity contribution in [3.05, 3.63) is 53.6 Å². The Bertz CT molecular complexity index is 1500. The second-order valence-corrected chi connectivity index (χ2v) is 8.84. The molecule has 2 aromatic heterocycles. The Kier molecular flexibility index (Phi) is 6.02. The number of aromatic nitrogens is 4. The van der Waals surface area contributed by atoms with Crippen LogP contribution in [0.5, 0.6) is 5.75 Å². The maximum atomic E-state index is 14.7. The SMILES string of the molecule is COc1ccc(-c2nc3c(nc2-c2ccc(C#N)c(F)c2)nc(N2[C@H](C)COC[C@@H]2C)n3C)cc1F. The fraction of sp³-hybridized carbons (Fsp3) is 0.308. The molecule has 0 saturated carbocycles. The summed E-state index contributed by atoms with van der Waals surface area (Å²) in [6.07, 6.45) is 0. The highest BCUT2D eigenvalue weighted by atomic mass is 19.1. The van der Waals surface area contributed by atoms with Gasteiger partial charge in [-0.25, -0.2) is 18.7 Å². The molecule has 10 heteroatoms. The van der Waals surface area contributed by atoms with Crippen LogP contribution < -0.4 is 9.64 Å². The highest BCUT2D eigenvalue weighted by Gasteiger charge is 2.30. The first-order chi connectivity index (χ1) is 17.3. The van der Waals surface area contributed by atoms with Gasteiger partial charge < -0.3 is 14.4 Å². The van der Waals surface area contributed by atoms with Crippen molar-refractivity contribution in [3.8, 4) is 34.3 Å². The number of anilines is 1. The topological polar surface area (TPSA) is 89.1 Å². The summed E-state index contributed by atoms with van der Waals surface area (Å²) in [5, 5.41) is 9.14. The molecule has 0 bridgehead atoms. The molecule has 0 radical (unpaired) electrons. The molecule has 3 heterocycles. The van der Waals surface area contributed by atoms with Crippen LogP contribution >= 0.6 is 0 Å². The van der Waals surface area contributed by atoms with Gasteiger partial charge in [0, 0.05) is 18.2 Å². The second kappa shape index (κ2) is 9.17. The summed E-state index contributed by atoms with van der Waals surface area (Å²) in [7, 11) is 3.24. The Morgan fingerprint density at radius 2 is 1.61 bits per heavy atom. The molecular weight excluding hydrogens is 466 g/mol. The Balaban J connectivity index is 1.75. The number of hydrogen-bond donors (Lipinski definition) is 0. The molecule has 36 heavy (non-hydrogen) atoms. The average molecular weight is 491 g/mol. The fourth-order valence-corrected chi connectivity index (χ4v) is 4.58. The molecule has 184 valence electrons. The minimum absolute atomic E-state index is 0.0831. The van der Waals surface area contributed by atoms with E-state index in [-0.39, 0.29) is 23.4 Å². The van der Waals surface area contributed by atoms with Gasteiger partial charge >= 0.3 is 0 Å². The van der Waals surface area contributed by atoms with Crippen molar-refractivity contribution in [2.24, 2.45) is 7.05 Å². The quantitative estimate of drug-likeness (QED) is 0.417. The number of nitriles is 1. The molecule has 1 fully saturated rings. The van der Waals surface area contributed by atoms with Gasteiger partial charge in [0.15, 0.2) is 22.9 Å². The van der Waals surface area contributed by atoms with Crippen LogP contribution in [0.4, 0.5) is 14.7 Å². The molecule has 4 aromatic rings. The zero-order chi connectivity index (χ0) is 25.6. The largest absolute Gasteiger partial charge is 0.494 e. The van der Waals surface area contributed by atoms with Crippen molar-refractivity contribution in [1.82, 2.24) is 19.5 Å². The predicted octanol–water partition coefficient (Wildman–Crippen LogP) is 4.47. The van der Waals surface area contributed by atoms with E-state index in [4.69, 9.17) is 29.7 Å². The molecule has 0 N–H and O–H groups in total. The normalized spacial score (nSPS) is 17.9. The number of benzene rings is 2. The lowest BCUT2D eigenvalue weighted by Gasteiger charge is -2.39. The van der Waals surface area contributed by atoms with Gasteiger partial charge in [-0.2, -0.15) is 10.2 Å². The van der Waals surface area contributed by atoms with Crippen molar-refractivity contribution in [1.29, 1.82) is 5.26 Å². The smallest absolute Gasteiger partial charge is 0.209 e. The van der Waals surface area contributed by atoms with E-state index in [0.29, 0.717) is 53.0 Å². The van der Waals surface area contributed by atoms with Crippen molar-refractivity contribution >= 4 is 17.2 Å². The van der Waals surface area contributed by atoms with Gasteiger partial charge in [-0.3, -0.25) is 4.57 Å². The number of hydrogen-bond acceptors (Lipinski definition) is 7. The van der Waals surface area contributed by atoms with Crippen LogP contribution in [0, 0.1) is 23.0 Å². The first kappa shape index (κ1) is 23.6. The number of halogens is 2. The van der Waals surface area contributed by atoms with Crippen molar-refractivity contribution in [3.63, 3.8) is 0 Å². The molecule has 1 aliphatic rings. The summed E-state index contributed by atoms with van der Waals surface area (Å²) in [5.41, 5.74) is 2.30. The number of methoxy groups -OCH3 is 1. The van der Waals surface area contributed by atoms with Crippen LogP contribution in [0.25, 0.3) is 33.8 Å². The van der Waals surface area contributed by atoms with Crippen molar-refractivity contribution < 1.29 is 18.3 Å². The molecule has 0 unspecified atom stereocenters. The van der Waals surface area contributed by atoms with Gasteiger partial charge in [-0.05, 0) is 44.2 Å². The Morgan fingerprint density at radius 3 is 2.22 bits per heavy atom. The molecule has 8 nitrogen and oxygen atoms in total. The summed E-state index contributed by atoms with van der Waals surface area (Å²) < 4.78 is 41.8. The van der Waals surface area contributed by atoms with Crippen LogP contribution in [0.2, 0.25) is 0 Å². The van der Waals surface area contributed by atoms with Gasteiger partial charge in [0.2, 0.25) is 5.95 Å². The first-order valence-corrected chi connectivity index (χ1v) is 11.5. The lowest BCUT2D eigenvalue weighted by Crippen LogP contribution is -2.50. The van der Waals surface area contributed by atoms with E-state index < -0.39 is 11.6 Å². The van der Waals surface area contributed by atoms with Crippen LogP contribution in [-0.2, 0) is 11.8 Å². The summed E-state index contributed by atoms with van der Waals surface area (Å²) in [5.74, 6) is -0.461. The molecule has 0 aliphatic carbocycles. The third-order valence-corrected chi connectivity index (χ3v) is 6.37. The zero-order valence-corrected chi connectivity index (χ0v) is 20.3. The molecule has 0 amide bonds. The maximum absolute atomic E-state index is 14.7. The lowest BCUT2D eigenvalue weighted by atomic mass is 10.0. The first-order valence-electron chi connectivity index (χ1n) is 11.5. The molecule has 5 rings (SSSR count). The number of imidazole rings is 1. The average Bonchev–Trinajstić information content (AvgIpc) is 3.18. The van der Waals surface area contributed by atoms with E-state index >= 15 is 0 Å². The minimum atomic E-state index is -0.679. The molecular formula is C26H24F2N6O2. The van der Waals surface area contributed by atoms with Gasteiger partial charge in [0.1, 0.15) is 11.9 Å². The third kappa shape index (κ3) is 3.91. The van der Waals surface area contributed by atoms with Crippen LogP contribution in [0.3, 0.4) is 0 Å². The van der Waals surface area contributed by atoms with Gasteiger partial charge in [0.25, 0.3) is 0 Å². The maximum Gasteiger partial charge on any atom is 0.209 e. The van der Waals surface area contributed by atoms with Gasteiger partial charge in [0.05, 0.1) is 49.4 Å². The number of nitrogens with zero attached hydrogens (tertiary/aromatic N) is 6. The molecule has 1 aliphatic heterocycles. The summed E-state index contributed by atoms with van der Waals surface area (Å²) >= 11 is 0. The number of rotatable bonds is 4. The number of morpholine rings is 1. The zero-order valence-electron chi connectivity index (χ0n) is 20.3. The monoisotopic (exact) mass is 490 g/mol. The van der Waals surface area contributed by atoms with Crippen LogP contribution in [0.1, 0.15) is 19.4 Å².